The van der Waals surface area contributed by atoms with E-state index < -0.39 is 11.9 Å². The zero-order valence-corrected chi connectivity index (χ0v) is 11.3. The molecule has 0 saturated carbocycles. The summed E-state index contributed by atoms with van der Waals surface area (Å²) in [7, 11) is 0. The van der Waals surface area contributed by atoms with Crippen molar-refractivity contribution < 1.29 is 14.7 Å². The average molecular weight is 261 g/mol. The zero-order valence-electron chi connectivity index (χ0n) is 11.3. The first kappa shape index (κ1) is 13.6. The van der Waals surface area contributed by atoms with E-state index in [1.54, 1.807) is 19.1 Å². The van der Waals surface area contributed by atoms with Gasteiger partial charge in [-0.05, 0) is 37.5 Å². The van der Waals surface area contributed by atoms with Crippen LogP contribution >= 0.6 is 0 Å². The Labute approximate surface area is 113 Å². The lowest BCUT2D eigenvalue weighted by atomic mass is 10.0. The summed E-state index contributed by atoms with van der Waals surface area (Å²) in [6, 6.07) is 7.57. The van der Waals surface area contributed by atoms with Crippen molar-refractivity contribution in [3.05, 3.63) is 29.8 Å². The number of carbonyl (C=O) groups excluding carboxylic acids is 1. The monoisotopic (exact) mass is 261 g/mol. The van der Waals surface area contributed by atoms with Crippen molar-refractivity contribution in [2.45, 2.75) is 45.1 Å². The number of carboxylic acid groups (broad SMARTS) is 1. The van der Waals surface area contributed by atoms with E-state index in [-0.39, 0.29) is 11.9 Å². The van der Waals surface area contributed by atoms with E-state index in [4.69, 9.17) is 5.11 Å². The number of aliphatic carboxylic acids is 1. The summed E-state index contributed by atoms with van der Waals surface area (Å²) in [5, 5.41) is 8.97. The maximum Gasteiger partial charge on any atom is 0.310 e. The minimum absolute atomic E-state index is 0.158. The Morgan fingerprint density at radius 1 is 1.42 bits per heavy atom. The topological polar surface area (TPSA) is 57.6 Å². The van der Waals surface area contributed by atoms with Gasteiger partial charge in [0.25, 0.3) is 0 Å². The number of carbonyl (C=O) groups is 2. The van der Waals surface area contributed by atoms with Gasteiger partial charge in [0.1, 0.15) is 0 Å². The largest absolute Gasteiger partial charge is 0.481 e. The Morgan fingerprint density at radius 3 is 2.58 bits per heavy atom. The Hall–Kier alpha value is -1.84. The van der Waals surface area contributed by atoms with Crippen LogP contribution in [0.5, 0.6) is 0 Å². The number of rotatable bonds is 4. The molecule has 19 heavy (non-hydrogen) atoms. The van der Waals surface area contributed by atoms with Crippen molar-refractivity contribution >= 4 is 17.6 Å². The lowest BCUT2D eigenvalue weighted by molar-refractivity contribution is -0.138. The number of benzene rings is 1. The van der Waals surface area contributed by atoms with Gasteiger partial charge in [0, 0.05) is 18.2 Å². The van der Waals surface area contributed by atoms with Crippen LogP contribution in [-0.2, 0) is 9.59 Å². The fraction of sp³-hybridized carbons (Fsp3) is 0.467. The molecule has 102 valence electrons. The molecule has 1 heterocycles. The highest BCUT2D eigenvalue weighted by molar-refractivity contribution is 5.96. The van der Waals surface area contributed by atoms with E-state index in [1.807, 2.05) is 17.0 Å². The Bertz CT molecular complexity index is 481. The lowest BCUT2D eigenvalue weighted by Gasteiger charge is -2.24. The number of nitrogens with zero attached hydrogens (tertiary/aromatic N) is 1. The molecule has 2 atom stereocenters. The summed E-state index contributed by atoms with van der Waals surface area (Å²) in [6.45, 7) is 3.74. The third-order valence-electron chi connectivity index (χ3n) is 3.84. The molecule has 4 heteroatoms. The van der Waals surface area contributed by atoms with Gasteiger partial charge >= 0.3 is 5.97 Å². The van der Waals surface area contributed by atoms with Crippen LogP contribution in [0.2, 0.25) is 0 Å². The van der Waals surface area contributed by atoms with Crippen molar-refractivity contribution in [2.24, 2.45) is 0 Å². The molecule has 2 rings (SSSR count). The van der Waals surface area contributed by atoms with Crippen molar-refractivity contribution in [1.82, 2.24) is 0 Å². The van der Waals surface area contributed by atoms with Gasteiger partial charge in [0.15, 0.2) is 0 Å². The highest BCUT2D eigenvalue weighted by atomic mass is 16.4. The molecule has 4 nitrogen and oxygen atoms in total. The van der Waals surface area contributed by atoms with Crippen molar-refractivity contribution in [3.63, 3.8) is 0 Å². The fourth-order valence-electron chi connectivity index (χ4n) is 2.55. The van der Waals surface area contributed by atoms with E-state index in [1.165, 1.54) is 0 Å². The third-order valence-corrected chi connectivity index (χ3v) is 3.84. The highest BCUT2D eigenvalue weighted by Gasteiger charge is 2.30. The molecule has 1 fully saturated rings. The summed E-state index contributed by atoms with van der Waals surface area (Å²) >= 11 is 0. The Kier molecular flexibility index (Phi) is 3.88. The third kappa shape index (κ3) is 2.62. The molecule has 1 aromatic carbocycles. The van der Waals surface area contributed by atoms with E-state index in [0.717, 1.165) is 24.1 Å². The average Bonchev–Trinajstić information content (AvgIpc) is 2.79. The first-order valence-electron chi connectivity index (χ1n) is 6.69. The van der Waals surface area contributed by atoms with Gasteiger partial charge in [-0.15, -0.1) is 0 Å². The number of hydrogen-bond donors (Lipinski definition) is 1. The van der Waals surface area contributed by atoms with Crippen LogP contribution in [0.25, 0.3) is 0 Å². The minimum atomic E-state index is -0.837. The molecule has 1 aliphatic heterocycles. The predicted octanol–water partition coefficient (Wildman–Crippen LogP) is 2.78. The second kappa shape index (κ2) is 5.43. The van der Waals surface area contributed by atoms with Crippen LogP contribution < -0.4 is 4.90 Å². The summed E-state index contributed by atoms with van der Waals surface area (Å²) in [6.07, 6.45) is 2.45. The van der Waals surface area contributed by atoms with Gasteiger partial charge in [-0.1, -0.05) is 19.1 Å². The zero-order chi connectivity index (χ0) is 14.0. The van der Waals surface area contributed by atoms with E-state index >= 15 is 0 Å². The van der Waals surface area contributed by atoms with Crippen LogP contribution in [0, 0.1) is 0 Å². The van der Waals surface area contributed by atoms with Gasteiger partial charge in [0.2, 0.25) is 5.91 Å². The smallest absolute Gasteiger partial charge is 0.310 e. The highest BCUT2D eigenvalue weighted by Crippen LogP contribution is 2.29. The van der Waals surface area contributed by atoms with Crippen LogP contribution in [0.15, 0.2) is 24.3 Å². The number of anilines is 1. The van der Waals surface area contributed by atoms with Gasteiger partial charge in [-0.2, -0.15) is 0 Å². The van der Waals surface area contributed by atoms with Crippen molar-refractivity contribution in [1.29, 1.82) is 0 Å². The Balaban J connectivity index is 2.22. The quantitative estimate of drug-likeness (QED) is 0.906. The molecule has 2 unspecified atom stereocenters. The van der Waals surface area contributed by atoms with Crippen LogP contribution in [-0.4, -0.2) is 23.0 Å². The van der Waals surface area contributed by atoms with Gasteiger partial charge in [-0.3, -0.25) is 9.59 Å². The maximum atomic E-state index is 11.9. The van der Waals surface area contributed by atoms with Crippen LogP contribution in [0.3, 0.4) is 0 Å². The lowest BCUT2D eigenvalue weighted by Crippen LogP contribution is -2.32. The van der Waals surface area contributed by atoms with E-state index in [0.29, 0.717) is 6.42 Å². The number of hydrogen-bond acceptors (Lipinski definition) is 2. The summed E-state index contributed by atoms with van der Waals surface area (Å²) < 4.78 is 0. The number of amides is 1. The predicted molar refractivity (Wildman–Crippen MR) is 73.3 cm³/mol. The summed E-state index contributed by atoms with van der Waals surface area (Å²) in [4.78, 5) is 24.7. The summed E-state index contributed by atoms with van der Waals surface area (Å²) in [5.74, 6) is -1.20. The molecule has 0 radical (unpaired) electrons. The molecule has 1 amide bonds. The number of carboxylic acids is 1. The van der Waals surface area contributed by atoms with Gasteiger partial charge in [0.05, 0.1) is 5.92 Å². The molecule has 1 aromatic rings. The molecule has 0 spiro atoms. The molecule has 1 saturated heterocycles. The fourth-order valence-corrected chi connectivity index (χ4v) is 2.55. The van der Waals surface area contributed by atoms with Gasteiger partial charge < -0.3 is 10.0 Å². The van der Waals surface area contributed by atoms with Crippen LogP contribution in [0.1, 0.15) is 44.6 Å². The van der Waals surface area contributed by atoms with Crippen molar-refractivity contribution in [3.8, 4) is 0 Å². The summed E-state index contributed by atoms with van der Waals surface area (Å²) in [5.41, 5.74) is 1.63. The molecule has 0 bridgehead atoms. The normalized spacial score (nSPS) is 20.6. The standard InChI is InChI=1S/C15H19NO3/c1-3-12-8-9-14(17)16(12)13-6-4-11(5-7-13)10(2)15(18)19/h4-7,10,12H,3,8-9H2,1-2H3,(H,18,19). The molecule has 1 N–H and O–H groups in total. The first-order chi connectivity index (χ1) is 9.04. The molecular formula is C15H19NO3. The first-order valence-corrected chi connectivity index (χ1v) is 6.69. The van der Waals surface area contributed by atoms with E-state index in [2.05, 4.69) is 6.92 Å². The molecule has 0 aliphatic carbocycles. The minimum Gasteiger partial charge on any atom is -0.481 e. The van der Waals surface area contributed by atoms with Crippen LogP contribution in [0.4, 0.5) is 5.69 Å². The van der Waals surface area contributed by atoms with E-state index in [9.17, 15) is 9.59 Å². The second-order valence-electron chi connectivity index (χ2n) is 5.02. The molecular weight excluding hydrogens is 242 g/mol. The maximum absolute atomic E-state index is 11.9. The SMILES string of the molecule is CCC1CCC(=O)N1c1ccc(C(C)C(=O)O)cc1. The second-order valence-corrected chi connectivity index (χ2v) is 5.02. The Morgan fingerprint density at radius 2 is 2.05 bits per heavy atom. The van der Waals surface area contributed by atoms with Gasteiger partial charge in [-0.25, -0.2) is 0 Å². The molecule has 1 aliphatic rings. The molecule has 0 aromatic heterocycles. The van der Waals surface area contributed by atoms with Crippen molar-refractivity contribution in [2.75, 3.05) is 4.90 Å².